The van der Waals surface area contributed by atoms with Crippen molar-refractivity contribution in [3.05, 3.63) is 22.4 Å². The van der Waals surface area contributed by atoms with Gasteiger partial charge in [0.2, 0.25) is 0 Å². The predicted octanol–water partition coefficient (Wildman–Crippen LogP) is 5.20. The van der Waals surface area contributed by atoms with E-state index in [9.17, 15) is 0 Å². The predicted molar refractivity (Wildman–Crippen MR) is 66.6 cm³/mol. The Bertz CT molecular complexity index is 324. The van der Waals surface area contributed by atoms with Crippen LogP contribution in [0.25, 0.3) is 0 Å². The SMILES string of the molecule is [2H]Oc1c(Br)c(Br)c(Br)c(Br)c1Br. The van der Waals surface area contributed by atoms with Gasteiger partial charge < -0.3 is 5.11 Å². The van der Waals surface area contributed by atoms with E-state index in [-0.39, 0.29) is 0 Å². The highest BCUT2D eigenvalue weighted by Crippen LogP contribution is 2.47. The summed E-state index contributed by atoms with van der Waals surface area (Å²) in [4.78, 5) is 0. The van der Waals surface area contributed by atoms with Crippen molar-refractivity contribution in [2.75, 3.05) is 0 Å². The third-order valence-electron chi connectivity index (χ3n) is 1.17. The van der Waals surface area contributed by atoms with Crippen molar-refractivity contribution in [3.8, 4) is 5.75 Å². The molecular weight excluding hydrogens is 488 g/mol. The maximum atomic E-state index is 6.87. The van der Waals surface area contributed by atoms with Crippen molar-refractivity contribution in [2.24, 2.45) is 0 Å². The van der Waals surface area contributed by atoms with E-state index in [0.717, 1.165) is 13.4 Å². The lowest BCUT2D eigenvalue weighted by molar-refractivity contribution is 0.467. The summed E-state index contributed by atoms with van der Waals surface area (Å²) < 4.78 is 10.7. The van der Waals surface area contributed by atoms with Gasteiger partial charge in [0, 0.05) is 4.47 Å². The van der Waals surface area contributed by atoms with Crippen LogP contribution >= 0.6 is 79.6 Å². The molecule has 12 heavy (non-hydrogen) atoms. The second-order valence-corrected chi connectivity index (χ2v) is 5.86. The molecule has 0 spiro atoms. The lowest BCUT2D eigenvalue weighted by Crippen LogP contribution is -1.80. The minimum atomic E-state index is 0.418. The van der Waals surface area contributed by atoms with Crippen molar-refractivity contribution in [1.82, 2.24) is 0 Å². The number of hydrogen-bond donors (Lipinski definition) is 1. The van der Waals surface area contributed by atoms with Crippen LogP contribution in [0.15, 0.2) is 22.4 Å². The molecule has 0 aliphatic rings. The molecule has 0 unspecified atom stereocenters. The molecule has 0 atom stereocenters. The maximum absolute atomic E-state index is 6.87. The zero-order valence-electron chi connectivity index (χ0n) is 6.30. The second kappa shape index (κ2) is 4.29. The molecule has 1 nitrogen and oxygen atoms in total. The molecule has 1 aromatic carbocycles. The first kappa shape index (κ1) is 9.96. The highest BCUT2D eigenvalue weighted by molar-refractivity contribution is 9.15. The lowest BCUT2D eigenvalue weighted by Gasteiger charge is -2.07. The van der Waals surface area contributed by atoms with E-state index in [0.29, 0.717) is 14.7 Å². The van der Waals surface area contributed by atoms with Crippen LogP contribution in [0, 0.1) is 0 Å². The fourth-order valence-corrected chi connectivity index (χ4v) is 3.60. The van der Waals surface area contributed by atoms with Gasteiger partial charge in [-0.1, -0.05) is 0 Å². The van der Waals surface area contributed by atoms with Crippen LogP contribution in [0.3, 0.4) is 0 Å². The lowest BCUT2D eigenvalue weighted by atomic mass is 10.3. The number of hydrogen-bond acceptors (Lipinski definition) is 1. The minimum Gasteiger partial charge on any atom is -0.505 e. The van der Waals surface area contributed by atoms with Crippen LogP contribution in [0.2, 0.25) is 0 Å². The van der Waals surface area contributed by atoms with Crippen molar-refractivity contribution in [1.29, 1.82) is 1.43 Å². The average molecular weight is 490 g/mol. The molecule has 1 rings (SSSR count). The van der Waals surface area contributed by atoms with Crippen molar-refractivity contribution in [2.45, 2.75) is 0 Å². The molecule has 1 N–H and O–H groups in total. The first-order valence-corrected chi connectivity index (χ1v) is 6.61. The Labute approximate surface area is 113 Å². The third-order valence-corrected chi connectivity index (χ3v) is 7.19. The first-order chi connectivity index (χ1) is 6.00. The van der Waals surface area contributed by atoms with Crippen LogP contribution in [-0.4, -0.2) is 6.54 Å². The standard InChI is InChI=1S/C6HBr5O/c7-1-2(8)4(10)6(12)5(11)3(1)9/h12H/i/hD. The van der Waals surface area contributed by atoms with Crippen molar-refractivity contribution < 1.29 is 5.11 Å². The van der Waals surface area contributed by atoms with Gasteiger partial charge in [-0.2, -0.15) is 0 Å². The summed E-state index contributed by atoms with van der Waals surface area (Å²) in [5.41, 5.74) is 0. The molecule has 0 amide bonds. The highest BCUT2D eigenvalue weighted by Gasteiger charge is 2.16. The number of phenols is 1. The van der Waals surface area contributed by atoms with E-state index in [1.165, 1.54) is 0 Å². The van der Waals surface area contributed by atoms with Gasteiger partial charge in [-0.3, -0.25) is 0 Å². The smallest absolute Gasteiger partial charge is 0.293 e. The van der Waals surface area contributed by atoms with E-state index >= 15 is 0 Å². The van der Waals surface area contributed by atoms with E-state index in [1.807, 2.05) is 0 Å². The van der Waals surface area contributed by atoms with Crippen molar-refractivity contribution >= 4 is 79.6 Å². The van der Waals surface area contributed by atoms with Crippen LogP contribution in [0.1, 0.15) is 0 Å². The molecule has 0 saturated heterocycles. The molecular formula is C6HBr5O. The molecule has 66 valence electrons. The molecule has 6 heteroatoms. The quantitative estimate of drug-likeness (QED) is 0.425. The number of aromatic hydroxyl groups is 1. The average Bonchev–Trinajstić information content (AvgIpc) is 2.13. The van der Waals surface area contributed by atoms with Crippen molar-refractivity contribution in [3.63, 3.8) is 0 Å². The molecule has 0 aliphatic heterocycles. The summed E-state index contributed by atoms with van der Waals surface area (Å²) >= 11 is 16.7. The van der Waals surface area contributed by atoms with Gasteiger partial charge in [0.1, 0.15) is 5.75 Å². The normalized spacial score (nSPS) is 11.2. The van der Waals surface area contributed by atoms with Crippen LogP contribution in [0.4, 0.5) is 0 Å². The van der Waals surface area contributed by atoms with E-state index in [2.05, 4.69) is 84.8 Å². The summed E-state index contributed by atoms with van der Waals surface area (Å²) in [5, 5.41) is 4.47. The van der Waals surface area contributed by atoms with Gasteiger partial charge in [0.25, 0.3) is 1.43 Å². The minimum absolute atomic E-state index is 0.418. The zero-order chi connectivity index (χ0) is 10.2. The summed E-state index contributed by atoms with van der Waals surface area (Å²) in [7, 11) is 0. The van der Waals surface area contributed by atoms with Gasteiger partial charge in [-0.15, -0.1) is 0 Å². The number of rotatable bonds is 1. The zero-order valence-corrected chi connectivity index (χ0v) is 13.2. The van der Waals surface area contributed by atoms with Crippen LogP contribution < -0.4 is 0 Å². The van der Waals surface area contributed by atoms with E-state index in [4.69, 9.17) is 1.43 Å². The molecule has 0 aliphatic carbocycles. The molecule has 1 aromatic rings. The largest absolute Gasteiger partial charge is 0.505 e. The second-order valence-electron chi connectivity index (χ2n) is 1.90. The Kier molecular flexibility index (Phi) is 3.56. The van der Waals surface area contributed by atoms with Gasteiger partial charge in [-0.25, -0.2) is 0 Å². The molecule has 0 saturated carbocycles. The Balaban J connectivity index is 3.56. The Morgan fingerprint density at radius 3 is 1.42 bits per heavy atom. The first-order valence-electron chi connectivity index (χ1n) is 3.06. The summed E-state index contributed by atoms with van der Waals surface area (Å²) in [6.07, 6.45) is 0. The number of benzene rings is 1. The fourth-order valence-electron chi connectivity index (χ4n) is 0.585. The number of phenolic OH excluding ortho intramolecular Hbond substituents is 1. The van der Waals surface area contributed by atoms with Crippen LogP contribution in [0.5, 0.6) is 5.75 Å². The topological polar surface area (TPSA) is 20.2 Å². The van der Waals surface area contributed by atoms with Gasteiger partial charge in [0.05, 0.1) is 17.9 Å². The Morgan fingerprint density at radius 1 is 0.750 bits per heavy atom. The summed E-state index contributed by atoms with van der Waals surface area (Å²) in [5.74, 6) is 0.418. The summed E-state index contributed by atoms with van der Waals surface area (Å²) in [6.45, 7) is 0. The summed E-state index contributed by atoms with van der Waals surface area (Å²) in [6, 6.07) is 0. The Hall–Kier alpha value is 1.42. The number of halogens is 5. The van der Waals surface area contributed by atoms with Gasteiger partial charge in [0.15, 0.2) is 0 Å². The van der Waals surface area contributed by atoms with E-state index in [1.54, 1.807) is 0 Å². The molecule has 0 heterocycles. The fraction of sp³-hybridized carbons (Fsp3) is 0. The molecule has 0 radical (unpaired) electrons. The third kappa shape index (κ3) is 1.92. The monoisotopic (exact) mass is 485 g/mol. The molecule has 0 aromatic heterocycles. The van der Waals surface area contributed by atoms with E-state index < -0.39 is 0 Å². The molecule has 0 bridgehead atoms. The highest BCUT2D eigenvalue weighted by atomic mass is 79.9. The maximum Gasteiger partial charge on any atom is 0.293 e. The van der Waals surface area contributed by atoms with Crippen LogP contribution in [-0.2, 0) is 0 Å². The van der Waals surface area contributed by atoms with Gasteiger partial charge in [-0.05, 0) is 79.6 Å². The molecule has 0 fully saturated rings. The Morgan fingerprint density at radius 2 is 1.08 bits per heavy atom. The van der Waals surface area contributed by atoms with Gasteiger partial charge >= 0.3 is 0 Å².